The summed E-state index contributed by atoms with van der Waals surface area (Å²) >= 11 is 0. The fourth-order valence-corrected chi connectivity index (χ4v) is 3.51. The second-order valence-electron chi connectivity index (χ2n) is 6.07. The Bertz CT molecular complexity index is 733. The number of carbonyl (C=O) groups is 2. The zero-order valence-electron chi connectivity index (χ0n) is 14.2. The molecule has 2 amide bonds. The van der Waals surface area contributed by atoms with Gasteiger partial charge in [0.05, 0.1) is 16.9 Å². The van der Waals surface area contributed by atoms with Gasteiger partial charge in [0.15, 0.2) is 0 Å². The van der Waals surface area contributed by atoms with Crippen molar-refractivity contribution in [2.45, 2.75) is 30.7 Å². The summed E-state index contributed by atoms with van der Waals surface area (Å²) in [6, 6.07) is 5.60. The van der Waals surface area contributed by atoms with E-state index in [2.05, 4.69) is 10.0 Å². The Morgan fingerprint density at radius 1 is 1.28 bits per heavy atom. The number of amides is 2. The number of nitrogens with zero attached hydrogens (tertiary/aromatic N) is 1. The molecule has 1 heterocycles. The smallest absolute Gasteiger partial charge is 0.317 e. The highest BCUT2D eigenvalue weighted by molar-refractivity contribution is 7.89. The number of sulfonamides is 1. The number of carbonyl (C=O) groups excluding carboxylic acids is 1. The Kier molecular flexibility index (Phi) is 6.02. The van der Waals surface area contributed by atoms with Crippen LogP contribution < -0.4 is 10.0 Å². The molecule has 8 nitrogen and oxygen atoms in total. The molecule has 0 radical (unpaired) electrons. The summed E-state index contributed by atoms with van der Waals surface area (Å²) in [7, 11) is -2.15. The number of carboxylic acids is 1. The minimum absolute atomic E-state index is 0.151. The zero-order valence-corrected chi connectivity index (χ0v) is 15.0. The molecule has 1 aliphatic heterocycles. The van der Waals surface area contributed by atoms with Crippen LogP contribution in [0.3, 0.4) is 0 Å². The van der Waals surface area contributed by atoms with Gasteiger partial charge in [0.2, 0.25) is 10.0 Å². The first kappa shape index (κ1) is 19.2. The lowest BCUT2D eigenvalue weighted by Crippen LogP contribution is -2.47. The Morgan fingerprint density at radius 2 is 1.92 bits per heavy atom. The predicted octanol–water partition coefficient (Wildman–Crippen LogP) is 1.16. The van der Waals surface area contributed by atoms with Crippen molar-refractivity contribution >= 4 is 22.0 Å². The van der Waals surface area contributed by atoms with Crippen LogP contribution >= 0.6 is 0 Å². The normalized spacial score (nSPS) is 19.3. The highest BCUT2D eigenvalue weighted by atomic mass is 32.2. The quantitative estimate of drug-likeness (QED) is 0.720. The molecule has 0 saturated carbocycles. The lowest BCUT2D eigenvalue weighted by Gasteiger charge is -2.31. The van der Waals surface area contributed by atoms with Crippen molar-refractivity contribution in [3.05, 3.63) is 29.8 Å². The van der Waals surface area contributed by atoms with Gasteiger partial charge >= 0.3 is 12.0 Å². The van der Waals surface area contributed by atoms with E-state index < -0.39 is 21.9 Å². The third-order valence-electron chi connectivity index (χ3n) is 4.36. The Hall–Kier alpha value is -2.13. The van der Waals surface area contributed by atoms with Crippen molar-refractivity contribution in [2.75, 3.05) is 20.1 Å². The number of aliphatic carboxylic acids is 1. The summed E-state index contributed by atoms with van der Waals surface area (Å²) in [5, 5.41) is 11.9. The predicted molar refractivity (Wildman–Crippen MR) is 91.6 cm³/mol. The first-order valence-electron chi connectivity index (χ1n) is 8.06. The third kappa shape index (κ3) is 4.70. The van der Waals surface area contributed by atoms with Crippen molar-refractivity contribution in [1.29, 1.82) is 0 Å². The number of piperidine rings is 1. The van der Waals surface area contributed by atoms with E-state index in [4.69, 9.17) is 5.11 Å². The largest absolute Gasteiger partial charge is 0.481 e. The number of rotatable bonds is 5. The first-order valence-corrected chi connectivity index (χ1v) is 9.54. The minimum atomic E-state index is -3.50. The van der Waals surface area contributed by atoms with Crippen molar-refractivity contribution in [3.63, 3.8) is 0 Å². The van der Waals surface area contributed by atoms with Crippen molar-refractivity contribution in [1.82, 2.24) is 14.9 Å². The number of nitrogens with one attached hydrogen (secondary N) is 2. The van der Waals surface area contributed by atoms with Gasteiger partial charge in [-0.2, -0.15) is 0 Å². The Balaban J connectivity index is 2.00. The van der Waals surface area contributed by atoms with E-state index >= 15 is 0 Å². The number of urea groups is 1. The van der Waals surface area contributed by atoms with Gasteiger partial charge in [0.25, 0.3) is 0 Å². The fourth-order valence-electron chi connectivity index (χ4n) is 2.78. The lowest BCUT2D eigenvalue weighted by atomic mass is 9.98. The van der Waals surface area contributed by atoms with Crippen LogP contribution in [0.15, 0.2) is 29.2 Å². The van der Waals surface area contributed by atoms with Crippen LogP contribution in [0.25, 0.3) is 0 Å². The molecule has 9 heteroatoms. The van der Waals surface area contributed by atoms with Crippen LogP contribution in [0.1, 0.15) is 31.4 Å². The summed E-state index contributed by atoms with van der Waals surface area (Å²) in [5.41, 5.74) is 0.759. The van der Waals surface area contributed by atoms with E-state index in [0.29, 0.717) is 19.4 Å². The molecule has 2 unspecified atom stereocenters. The summed E-state index contributed by atoms with van der Waals surface area (Å²) in [6.07, 6.45) is 1.24. The Morgan fingerprint density at radius 3 is 2.48 bits per heavy atom. The van der Waals surface area contributed by atoms with Gasteiger partial charge in [0.1, 0.15) is 0 Å². The molecular weight excluding hydrogens is 346 g/mol. The number of likely N-dealkylation sites (tertiary alicyclic amines) is 1. The molecule has 138 valence electrons. The monoisotopic (exact) mass is 369 g/mol. The molecule has 1 aliphatic rings. The maximum Gasteiger partial charge on any atom is 0.317 e. The van der Waals surface area contributed by atoms with Crippen LogP contribution in [-0.4, -0.2) is 50.6 Å². The van der Waals surface area contributed by atoms with Crippen LogP contribution in [0, 0.1) is 5.92 Å². The van der Waals surface area contributed by atoms with Crippen LogP contribution in [-0.2, 0) is 14.8 Å². The second-order valence-corrected chi connectivity index (χ2v) is 7.96. The van der Waals surface area contributed by atoms with Crippen LogP contribution in [0.4, 0.5) is 4.79 Å². The lowest BCUT2D eigenvalue weighted by molar-refractivity contribution is -0.143. The SMILES string of the molecule is CNS(=O)(=O)c1ccc(C(C)NC(=O)N2CCCC(C(=O)O)C2)cc1. The highest BCUT2D eigenvalue weighted by Crippen LogP contribution is 2.19. The van der Waals surface area contributed by atoms with E-state index in [1.807, 2.05) is 0 Å². The number of hydrogen-bond acceptors (Lipinski definition) is 4. The van der Waals surface area contributed by atoms with E-state index in [9.17, 15) is 18.0 Å². The molecule has 25 heavy (non-hydrogen) atoms. The highest BCUT2D eigenvalue weighted by Gasteiger charge is 2.28. The van der Waals surface area contributed by atoms with Gasteiger partial charge in [-0.3, -0.25) is 4.79 Å². The van der Waals surface area contributed by atoms with E-state index in [0.717, 1.165) is 5.56 Å². The molecule has 2 rings (SSSR count). The molecule has 1 saturated heterocycles. The van der Waals surface area contributed by atoms with Gasteiger partial charge in [0, 0.05) is 13.1 Å². The number of benzene rings is 1. The summed E-state index contributed by atoms with van der Waals surface area (Å²) in [4.78, 5) is 25.1. The topological polar surface area (TPSA) is 116 Å². The third-order valence-corrected chi connectivity index (χ3v) is 5.79. The molecule has 0 aromatic heterocycles. The zero-order chi connectivity index (χ0) is 18.6. The van der Waals surface area contributed by atoms with Gasteiger partial charge < -0.3 is 15.3 Å². The molecular formula is C16H23N3O5S. The molecule has 1 fully saturated rings. The van der Waals surface area contributed by atoms with E-state index in [1.54, 1.807) is 19.1 Å². The maximum atomic E-state index is 12.3. The molecule has 1 aromatic carbocycles. The fraction of sp³-hybridized carbons (Fsp3) is 0.500. The first-order chi connectivity index (χ1) is 11.7. The maximum absolute atomic E-state index is 12.3. The average Bonchev–Trinajstić information content (AvgIpc) is 2.61. The van der Waals surface area contributed by atoms with E-state index in [-0.39, 0.29) is 23.5 Å². The number of hydrogen-bond donors (Lipinski definition) is 3. The summed E-state index contributed by atoms with van der Waals surface area (Å²) < 4.78 is 25.7. The molecule has 2 atom stereocenters. The van der Waals surface area contributed by atoms with Gasteiger partial charge in [-0.25, -0.2) is 17.9 Å². The average molecular weight is 369 g/mol. The minimum Gasteiger partial charge on any atom is -0.481 e. The van der Waals surface area contributed by atoms with Crippen LogP contribution in [0.2, 0.25) is 0 Å². The molecule has 3 N–H and O–H groups in total. The summed E-state index contributed by atoms with van der Waals surface area (Å²) in [6.45, 7) is 2.52. The standard InChI is InChI=1S/C16H23N3O5S/c1-11(12-5-7-14(8-6-12)25(23,24)17-2)18-16(22)19-9-3-4-13(10-19)15(20)21/h5-8,11,13,17H,3-4,9-10H2,1-2H3,(H,18,22)(H,20,21). The van der Waals surface area contributed by atoms with Crippen molar-refractivity contribution in [2.24, 2.45) is 5.92 Å². The van der Waals surface area contributed by atoms with Crippen molar-refractivity contribution < 1.29 is 23.1 Å². The Labute approximate surface area is 147 Å². The second kappa shape index (κ2) is 7.83. The molecule has 0 aliphatic carbocycles. The van der Waals surface area contributed by atoms with Gasteiger partial charge in [-0.05, 0) is 44.5 Å². The van der Waals surface area contributed by atoms with Gasteiger partial charge in [-0.1, -0.05) is 12.1 Å². The summed E-state index contributed by atoms with van der Waals surface area (Å²) in [5.74, 6) is -1.41. The molecule has 1 aromatic rings. The van der Waals surface area contributed by atoms with Crippen LogP contribution in [0.5, 0.6) is 0 Å². The number of carboxylic acid groups (broad SMARTS) is 1. The van der Waals surface area contributed by atoms with E-state index in [1.165, 1.54) is 24.1 Å². The molecule has 0 bridgehead atoms. The van der Waals surface area contributed by atoms with Crippen molar-refractivity contribution in [3.8, 4) is 0 Å². The van der Waals surface area contributed by atoms with Gasteiger partial charge in [-0.15, -0.1) is 0 Å². The molecule has 0 spiro atoms.